The fourth-order valence-corrected chi connectivity index (χ4v) is 4.72. The molecule has 0 radical (unpaired) electrons. The van der Waals surface area contributed by atoms with Gasteiger partial charge in [0.25, 0.3) is 5.91 Å². The van der Waals surface area contributed by atoms with Gasteiger partial charge in [0.15, 0.2) is 0 Å². The molecule has 2 N–H and O–H groups in total. The number of halogens is 1. The Bertz CT molecular complexity index is 1210. The van der Waals surface area contributed by atoms with Crippen molar-refractivity contribution in [2.24, 2.45) is 0 Å². The normalized spacial score (nSPS) is 15.3. The zero-order chi connectivity index (χ0) is 20.1. The molecule has 0 saturated carbocycles. The Balaban J connectivity index is 1.60. The van der Waals surface area contributed by atoms with E-state index in [0.29, 0.717) is 10.7 Å². The first-order chi connectivity index (χ1) is 14.0. The van der Waals surface area contributed by atoms with Crippen molar-refractivity contribution < 1.29 is 9.21 Å². The molecule has 1 amide bonds. The van der Waals surface area contributed by atoms with E-state index >= 15 is 0 Å². The first kappa shape index (κ1) is 18.3. The summed E-state index contributed by atoms with van der Waals surface area (Å²) in [4.78, 5) is 15.3. The van der Waals surface area contributed by atoms with E-state index in [1.54, 1.807) is 18.2 Å². The molecule has 29 heavy (non-hydrogen) atoms. The van der Waals surface area contributed by atoms with E-state index in [1.807, 2.05) is 13.0 Å². The summed E-state index contributed by atoms with van der Waals surface area (Å²) in [6, 6.07) is 9.28. The van der Waals surface area contributed by atoms with Crippen LogP contribution < -0.4 is 15.8 Å². The van der Waals surface area contributed by atoms with Crippen molar-refractivity contribution in [2.45, 2.75) is 32.6 Å². The first-order valence-corrected chi connectivity index (χ1v) is 10.4. The Hall–Kier alpha value is -2.79. The standard InChI is InChI=1S/C23H22ClN3O2/c1-13-6-7-16(24)12-19(13)26-23(28)18-11-15-10-14-4-2-8-27-9-3-5-17(20(14)27)21(15)29-22(18)25/h6-7,10-12,25H,2-5,8-9H2,1H3,(H,26,28). The molecule has 2 aliphatic rings. The Morgan fingerprint density at radius 1 is 1.17 bits per heavy atom. The van der Waals surface area contributed by atoms with Gasteiger partial charge in [-0.05, 0) is 68.0 Å². The number of anilines is 2. The third-order valence-corrected chi connectivity index (χ3v) is 6.18. The molecule has 5 nitrogen and oxygen atoms in total. The molecule has 0 unspecified atom stereocenters. The van der Waals surface area contributed by atoms with E-state index in [1.165, 1.54) is 16.8 Å². The fraction of sp³-hybridized carbons (Fsp3) is 0.304. The van der Waals surface area contributed by atoms with Gasteiger partial charge in [0, 0.05) is 40.4 Å². The highest BCUT2D eigenvalue weighted by atomic mass is 35.5. The second-order valence-corrected chi connectivity index (χ2v) is 8.31. The van der Waals surface area contributed by atoms with E-state index < -0.39 is 0 Å². The van der Waals surface area contributed by atoms with Crippen LogP contribution in [0.3, 0.4) is 0 Å². The minimum Gasteiger partial charge on any atom is -0.438 e. The molecule has 2 aromatic carbocycles. The van der Waals surface area contributed by atoms with E-state index in [9.17, 15) is 4.79 Å². The molecule has 0 saturated heterocycles. The maximum absolute atomic E-state index is 12.9. The maximum Gasteiger partial charge on any atom is 0.261 e. The molecule has 0 bridgehead atoms. The molecule has 0 aliphatic carbocycles. The van der Waals surface area contributed by atoms with Crippen LogP contribution in [0.25, 0.3) is 11.0 Å². The monoisotopic (exact) mass is 407 g/mol. The second-order valence-electron chi connectivity index (χ2n) is 7.88. The van der Waals surface area contributed by atoms with Gasteiger partial charge in [-0.1, -0.05) is 17.7 Å². The number of fused-ring (bicyclic) bond motifs is 2. The van der Waals surface area contributed by atoms with Gasteiger partial charge in [-0.3, -0.25) is 10.2 Å². The molecule has 1 aromatic heterocycles. The number of nitrogens with zero attached hydrogens (tertiary/aromatic N) is 1. The van der Waals surface area contributed by atoms with Crippen LogP contribution in [0, 0.1) is 12.3 Å². The van der Waals surface area contributed by atoms with Crippen molar-refractivity contribution in [3.8, 4) is 0 Å². The summed E-state index contributed by atoms with van der Waals surface area (Å²) in [6.45, 7) is 4.07. The molecule has 3 heterocycles. The molecule has 5 rings (SSSR count). The minimum absolute atomic E-state index is 0.112. The number of benzene rings is 2. The van der Waals surface area contributed by atoms with E-state index in [2.05, 4.69) is 16.3 Å². The lowest BCUT2D eigenvalue weighted by Crippen LogP contribution is -2.34. The maximum atomic E-state index is 12.9. The van der Waals surface area contributed by atoms with Crippen molar-refractivity contribution in [3.05, 3.63) is 63.2 Å². The van der Waals surface area contributed by atoms with Gasteiger partial charge in [-0.25, -0.2) is 0 Å². The summed E-state index contributed by atoms with van der Waals surface area (Å²) < 4.78 is 5.93. The summed E-state index contributed by atoms with van der Waals surface area (Å²) in [6.07, 6.45) is 4.23. The third kappa shape index (κ3) is 3.10. The molecule has 2 aliphatic heterocycles. The highest BCUT2D eigenvalue weighted by Crippen LogP contribution is 2.39. The van der Waals surface area contributed by atoms with Gasteiger partial charge in [0.2, 0.25) is 5.55 Å². The molecule has 0 fully saturated rings. The predicted molar refractivity (Wildman–Crippen MR) is 115 cm³/mol. The number of aryl methyl sites for hydroxylation is 3. The average Bonchev–Trinajstić information content (AvgIpc) is 2.71. The predicted octanol–water partition coefficient (Wildman–Crippen LogP) is 4.83. The van der Waals surface area contributed by atoms with Crippen LogP contribution in [0.4, 0.5) is 11.4 Å². The highest BCUT2D eigenvalue weighted by molar-refractivity contribution is 6.31. The lowest BCUT2D eigenvalue weighted by atomic mass is 9.90. The Morgan fingerprint density at radius 2 is 1.97 bits per heavy atom. The summed E-state index contributed by atoms with van der Waals surface area (Å²) in [5.74, 6) is -0.362. The lowest BCUT2D eigenvalue weighted by Gasteiger charge is -2.37. The van der Waals surface area contributed by atoms with Crippen LogP contribution in [0.2, 0.25) is 5.02 Å². The van der Waals surface area contributed by atoms with Gasteiger partial charge < -0.3 is 14.6 Å². The van der Waals surface area contributed by atoms with Gasteiger partial charge in [-0.15, -0.1) is 0 Å². The number of carbonyl (C=O) groups excluding carboxylic acids is 1. The van der Waals surface area contributed by atoms with Gasteiger partial charge in [-0.2, -0.15) is 0 Å². The molecule has 0 spiro atoms. The van der Waals surface area contributed by atoms with Crippen LogP contribution in [0.1, 0.15) is 39.9 Å². The third-order valence-electron chi connectivity index (χ3n) is 5.94. The van der Waals surface area contributed by atoms with Crippen molar-refractivity contribution >= 4 is 39.9 Å². The van der Waals surface area contributed by atoms with Gasteiger partial charge in [0.05, 0.1) is 0 Å². The summed E-state index contributed by atoms with van der Waals surface area (Å²) in [7, 11) is 0. The number of rotatable bonds is 2. The van der Waals surface area contributed by atoms with Crippen LogP contribution in [0.5, 0.6) is 0 Å². The summed E-state index contributed by atoms with van der Waals surface area (Å²) in [5.41, 5.74) is 6.22. The number of carbonyl (C=O) groups is 1. The summed E-state index contributed by atoms with van der Waals surface area (Å²) in [5, 5.41) is 12.7. The molecule has 0 atom stereocenters. The zero-order valence-corrected chi connectivity index (χ0v) is 17.0. The van der Waals surface area contributed by atoms with Crippen LogP contribution >= 0.6 is 11.6 Å². The van der Waals surface area contributed by atoms with Crippen LogP contribution in [-0.4, -0.2) is 19.0 Å². The second kappa shape index (κ2) is 6.92. The van der Waals surface area contributed by atoms with Crippen LogP contribution in [0.15, 0.2) is 34.7 Å². The van der Waals surface area contributed by atoms with E-state index in [4.69, 9.17) is 21.4 Å². The van der Waals surface area contributed by atoms with Crippen molar-refractivity contribution in [2.75, 3.05) is 23.3 Å². The topological polar surface area (TPSA) is 69.3 Å². The Kier molecular flexibility index (Phi) is 4.36. The molecular formula is C23H22ClN3O2. The number of nitrogens with one attached hydrogen (secondary N) is 2. The van der Waals surface area contributed by atoms with Gasteiger partial charge in [0.1, 0.15) is 11.1 Å². The number of hydrogen-bond acceptors (Lipinski definition) is 4. The largest absolute Gasteiger partial charge is 0.438 e. The molecule has 3 aromatic rings. The molecule has 6 heteroatoms. The average molecular weight is 408 g/mol. The molecular weight excluding hydrogens is 386 g/mol. The van der Waals surface area contributed by atoms with Crippen molar-refractivity contribution in [1.29, 1.82) is 5.41 Å². The van der Waals surface area contributed by atoms with E-state index in [0.717, 1.165) is 55.3 Å². The Morgan fingerprint density at radius 3 is 2.79 bits per heavy atom. The SMILES string of the molecule is Cc1ccc(Cl)cc1NC(=O)c1cc2cc3c4c(c2oc1=N)CCCN4CCC3. The van der Waals surface area contributed by atoms with Crippen molar-refractivity contribution in [1.82, 2.24) is 0 Å². The number of amides is 1. The molecule has 148 valence electrons. The number of hydrogen-bond donors (Lipinski definition) is 2. The van der Waals surface area contributed by atoms with Crippen LogP contribution in [-0.2, 0) is 12.8 Å². The summed E-state index contributed by atoms with van der Waals surface area (Å²) >= 11 is 6.06. The minimum atomic E-state index is -0.362. The quantitative estimate of drug-likeness (QED) is 0.639. The smallest absolute Gasteiger partial charge is 0.261 e. The lowest BCUT2D eigenvalue weighted by molar-refractivity contribution is 0.102. The first-order valence-electron chi connectivity index (χ1n) is 10.0. The zero-order valence-electron chi connectivity index (χ0n) is 16.3. The Labute approximate surface area is 173 Å². The van der Waals surface area contributed by atoms with Gasteiger partial charge >= 0.3 is 0 Å². The van der Waals surface area contributed by atoms with Crippen molar-refractivity contribution in [3.63, 3.8) is 0 Å². The highest BCUT2D eigenvalue weighted by Gasteiger charge is 2.27. The fourth-order valence-electron chi connectivity index (χ4n) is 4.55. The van der Waals surface area contributed by atoms with E-state index in [-0.39, 0.29) is 17.0 Å².